The Morgan fingerprint density at radius 1 is 0.951 bits per heavy atom. The number of fused-ring (bicyclic) bond motifs is 1. The molecule has 2 aromatic carbocycles. The molecule has 2 amide bonds. The Kier molecular flexibility index (Phi) is 10.5. The number of benzene rings is 2. The molecule has 1 aromatic heterocycles. The average molecular weight is 562 g/mol. The minimum Gasteiger partial charge on any atom is -0.484 e. The van der Waals surface area contributed by atoms with E-state index in [9.17, 15) is 9.59 Å². The lowest BCUT2D eigenvalue weighted by Crippen LogP contribution is -2.41. The molecule has 1 aliphatic rings. The van der Waals surface area contributed by atoms with Gasteiger partial charge in [-0.25, -0.2) is 0 Å². The van der Waals surface area contributed by atoms with Crippen molar-refractivity contribution in [2.45, 2.75) is 72.4 Å². The van der Waals surface area contributed by atoms with Crippen LogP contribution in [-0.2, 0) is 22.6 Å². The predicted molar refractivity (Wildman–Crippen MR) is 159 cm³/mol. The van der Waals surface area contributed by atoms with Gasteiger partial charge in [0.05, 0.1) is 5.69 Å². The fraction of sp³-hybridized carbons (Fsp3) is 0.500. The third-order valence-corrected chi connectivity index (χ3v) is 7.48. The van der Waals surface area contributed by atoms with Crippen LogP contribution in [0.15, 0.2) is 53.1 Å². The number of carbonyl (C=O) groups excluding carboxylic acids is 2. The summed E-state index contributed by atoms with van der Waals surface area (Å²) in [6.45, 7) is 13.5. The smallest absolute Gasteiger partial charge is 0.264 e. The van der Waals surface area contributed by atoms with Gasteiger partial charge in [-0.05, 0) is 50.5 Å². The molecule has 220 valence electrons. The fourth-order valence-corrected chi connectivity index (χ4v) is 5.12. The maximum absolute atomic E-state index is 13.7. The summed E-state index contributed by atoms with van der Waals surface area (Å²) in [6, 6.07) is 15.7. The summed E-state index contributed by atoms with van der Waals surface area (Å²) in [4.78, 5) is 37.9. The van der Waals surface area contributed by atoms with Crippen molar-refractivity contribution in [2.24, 2.45) is 0 Å². The molecule has 0 bridgehead atoms. The first-order valence-corrected chi connectivity index (χ1v) is 14.6. The first-order chi connectivity index (χ1) is 19.7. The van der Waals surface area contributed by atoms with Gasteiger partial charge in [-0.2, -0.15) is 4.98 Å². The number of rotatable bonds is 8. The highest BCUT2D eigenvalue weighted by Gasteiger charge is 2.26. The van der Waals surface area contributed by atoms with Crippen LogP contribution in [0.4, 0.5) is 5.69 Å². The zero-order valence-electron chi connectivity index (χ0n) is 25.0. The van der Waals surface area contributed by atoms with Crippen molar-refractivity contribution in [1.29, 1.82) is 0 Å². The van der Waals surface area contributed by atoms with E-state index in [2.05, 4.69) is 28.9 Å². The van der Waals surface area contributed by atoms with Crippen molar-refractivity contribution in [3.05, 3.63) is 71.4 Å². The maximum atomic E-state index is 13.7. The number of amides is 2. The molecule has 0 atom stereocenters. The number of hydrogen-bond acceptors (Lipinski definition) is 7. The summed E-state index contributed by atoms with van der Waals surface area (Å²) < 4.78 is 11.2. The first-order valence-electron chi connectivity index (χ1n) is 14.6. The van der Waals surface area contributed by atoms with Crippen LogP contribution in [0.3, 0.4) is 0 Å². The van der Waals surface area contributed by atoms with Crippen molar-refractivity contribution in [3.63, 3.8) is 0 Å². The second-order valence-electron chi connectivity index (χ2n) is 11.2. The lowest BCUT2D eigenvalue weighted by molar-refractivity contribution is -0.132. The molecule has 0 radical (unpaired) electrons. The van der Waals surface area contributed by atoms with Crippen molar-refractivity contribution in [3.8, 4) is 5.75 Å². The van der Waals surface area contributed by atoms with E-state index in [4.69, 9.17) is 9.26 Å². The molecule has 9 heteroatoms. The van der Waals surface area contributed by atoms with Gasteiger partial charge in [0, 0.05) is 57.5 Å². The van der Waals surface area contributed by atoms with E-state index < -0.39 is 0 Å². The number of nitrogens with zero attached hydrogens (tertiary/aromatic N) is 5. The third-order valence-electron chi connectivity index (χ3n) is 7.48. The second kappa shape index (κ2) is 14.3. The highest BCUT2D eigenvalue weighted by molar-refractivity contribution is 5.96. The summed E-state index contributed by atoms with van der Waals surface area (Å²) >= 11 is 0. The Balaban J connectivity index is 1.58. The number of carbonyl (C=O) groups is 2. The molecule has 3 aromatic rings. The second-order valence-corrected chi connectivity index (χ2v) is 11.2. The largest absolute Gasteiger partial charge is 0.484 e. The Bertz CT molecular complexity index is 1290. The summed E-state index contributed by atoms with van der Waals surface area (Å²) in [5.41, 5.74) is 2.81. The molecule has 0 fully saturated rings. The van der Waals surface area contributed by atoms with Gasteiger partial charge in [0.25, 0.3) is 5.91 Å². The number of ether oxygens (including phenoxy) is 1. The Labute approximate surface area is 243 Å². The fourth-order valence-electron chi connectivity index (χ4n) is 5.12. The average Bonchev–Trinajstić information content (AvgIpc) is 3.43. The molecular formula is C32H43N5O4. The van der Waals surface area contributed by atoms with Gasteiger partial charge in [0.1, 0.15) is 5.75 Å². The zero-order chi connectivity index (χ0) is 29.4. The van der Waals surface area contributed by atoms with Crippen molar-refractivity contribution in [2.75, 3.05) is 37.7 Å². The van der Waals surface area contributed by atoms with Crippen molar-refractivity contribution in [1.82, 2.24) is 19.9 Å². The van der Waals surface area contributed by atoms with E-state index in [1.807, 2.05) is 79.1 Å². The SMILES string of the molecule is Cc1cccc2c1N(C(=O)COc1ccccc1)CCCN(C(C)C)CCN(C(=O)CCc1nc(C(C)C)no1)C2. The van der Waals surface area contributed by atoms with Crippen LogP contribution in [0, 0.1) is 6.92 Å². The van der Waals surface area contributed by atoms with Gasteiger partial charge < -0.3 is 19.1 Å². The van der Waals surface area contributed by atoms with Crippen LogP contribution in [0.5, 0.6) is 5.75 Å². The first kappa shape index (κ1) is 30.2. The molecule has 0 N–H and O–H groups in total. The van der Waals surface area contributed by atoms with E-state index in [-0.39, 0.29) is 30.8 Å². The minimum atomic E-state index is -0.102. The van der Waals surface area contributed by atoms with E-state index in [0.29, 0.717) is 49.6 Å². The molecule has 0 aliphatic carbocycles. The molecule has 2 heterocycles. The van der Waals surface area contributed by atoms with E-state index in [1.165, 1.54) is 0 Å². The quantitative estimate of drug-likeness (QED) is 0.383. The van der Waals surface area contributed by atoms with Crippen LogP contribution >= 0.6 is 0 Å². The van der Waals surface area contributed by atoms with Crippen LogP contribution in [0.2, 0.25) is 0 Å². The highest BCUT2D eigenvalue weighted by atomic mass is 16.5. The summed E-state index contributed by atoms with van der Waals surface area (Å²) in [7, 11) is 0. The molecule has 4 rings (SSSR count). The third kappa shape index (κ3) is 8.16. The maximum Gasteiger partial charge on any atom is 0.264 e. The van der Waals surface area contributed by atoms with Crippen molar-refractivity contribution >= 4 is 17.5 Å². The van der Waals surface area contributed by atoms with Gasteiger partial charge in [0.15, 0.2) is 12.4 Å². The predicted octanol–water partition coefficient (Wildman–Crippen LogP) is 4.99. The summed E-state index contributed by atoms with van der Waals surface area (Å²) in [6.07, 6.45) is 1.48. The molecule has 0 saturated heterocycles. The summed E-state index contributed by atoms with van der Waals surface area (Å²) in [5, 5.41) is 4.03. The number of aryl methyl sites for hydroxylation is 2. The number of para-hydroxylation sites is 2. The molecule has 1 aliphatic heterocycles. The van der Waals surface area contributed by atoms with Gasteiger partial charge in [-0.3, -0.25) is 14.5 Å². The molecule has 41 heavy (non-hydrogen) atoms. The van der Waals surface area contributed by atoms with Gasteiger partial charge >= 0.3 is 0 Å². The minimum absolute atomic E-state index is 0.0231. The Morgan fingerprint density at radius 3 is 2.44 bits per heavy atom. The lowest BCUT2D eigenvalue weighted by Gasteiger charge is -2.30. The molecule has 9 nitrogen and oxygen atoms in total. The summed E-state index contributed by atoms with van der Waals surface area (Å²) in [5.74, 6) is 1.88. The number of aromatic nitrogens is 2. The highest BCUT2D eigenvalue weighted by Crippen LogP contribution is 2.28. The Hall–Kier alpha value is -3.72. The van der Waals surface area contributed by atoms with Gasteiger partial charge in [-0.1, -0.05) is 55.4 Å². The van der Waals surface area contributed by atoms with Crippen molar-refractivity contribution < 1.29 is 18.8 Å². The van der Waals surface area contributed by atoms with Gasteiger partial charge in [0.2, 0.25) is 11.8 Å². The monoisotopic (exact) mass is 561 g/mol. The van der Waals surface area contributed by atoms with E-state index in [1.54, 1.807) is 0 Å². The molecular weight excluding hydrogens is 518 g/mol. The Morgan fingerprint density at radius 2 is 1.73 bits per heavy atom. The molecule has 0 spiro atoms. The molecule has 0 saturated carbocycles. The number of anilines is 1. The molecule has 0 unspecified atom stereocenters. The van der Waals surface area contributed by atoms with E-state index in [0.717, 1.165) is 36.3 Å². The van der Waals surface area contributed by atoms with E-state index >= 15 is 0 Å². The standard InChI is InChI=1S/C32H43N5O4/c1-23(2)32-33-28(41-34-32)15-16-29(38)36-20-19-35(24(3)4)17-10-18-37(31-25(5)11-9-12-26(31)21-36)30(39)22-40-27-13-7-6-8-14-27/h6-9,11-14,23-24H,10,15-22H2,1-5H3. The lowest BCUT2D eigenvalue weighted by atomic mass is 10.0. The van der Waals surface area contributed by atoms with Crippen LogP contribution in [0.25, 0.3) is 0 Å². The van der Waals surface area contributed by atoms with Crippen LogP contribution in [-0.4, -0.2) is 70.6 Å². The normalized spacial score (nSPS) is 15.1. The zero-order valence-corrected chi connectivity index (χ0v) is 25.0. The number of hydrogen-bond donors (Lipinski definition) is 0. The topological polar surface area (TPSA) is 92.0 Å². The van der Waals surface area contributed by atoms with Crippen LogP contribution in [0.1, 0.15) is 69.3 Å². The van der Waals surface area contributed by atoms with Gasteiger partial charge in [-0.15, -0.1) is 0 Å². The van der Waals surface area contributed by atoms with Crippen LogP contribution < -0.4 is 9.64 Å².